The summed E-state index contributed by atoms with van der Waals surface area (Å²) in [5, 5.41) is 6.01. The van der Waals surface area contributed by atoms with Crippen LogP contribution in [0.4, 0.5) is 5.82 Å². The standard InChI is InChI=1S/C15H16N6O/c22-12(17-8-11-4-2-1-3-5-11)6-7-16-14-13-15(19-9-18-13)21-10-20-14/h1-5,9-10H,6-8H2,(H,17,22)(H2,16,18,19,20,21). The summed E-state index contributed by atoms with van der Waals surface area (Å²) < 4.78 is 0. The highest BCUT2D eigenvalue weighted by atomic mass is 16.1. The van der Waals surface area contributed by atoms with Gasteiger partial charge in [-0.15, -0.1) is 0 Å². The topological polar surface area (TPSA) is 95.6 Å². The quantitative estimate of drug-likeness (QED) is 0.640. The Morgan fingerprint density at radius 3 is 2.86 bits per heavy atom. The Hall–Kier alpha value is -2.96. The van der Waals surface area contributed by atoms with Gasteiger partial charge in [0.05, 0.1) is 6.33 Å². The normalized spacial score (nSPS) is 10.5. The molecule has 7 heteroatoms. The van der Waals surface area contributed by atoms with Crippen LogP contribution in [0.2, 0.25) is 0 Å². The van der Waals surface area contributed by atoms with Crippen LogP contribution >= 0.6 is 0 Å². The summed E-state index contributed by atoms with van der Waals surface area (Å²) in [5.74, 6) is 0.643. The number of aromatic amines is 1. The maximum absolute atomic E-state index is 11.8. The third-order valence-electron chi connectivity index (χ3n) is 3.20. The molecule has 0 saturated carbocycles. The third-order valence-corrected chi connectivity index (χ3v) is 3.20. The number of nitrogens with zero attached hydrogens (tertiary/aromatic N) is 3. The zero-order valence-electron chi connectivity index (χ0n) is 11.9. The predicted octanol–water partition coefficient (Wildman–Crippen LogP) is 1.47. The number of aromatic nitrogens is 4. The van der Waals surface area contributed by atoms with Crippen molar-refractivity contribution in [1.29, 1.82) is 0 Å². The van der Waals surface area contributed by atoms with Gasteiger partial charge in [-0.1, -0.05) is 30.3 Å². The van der Waals surface area contributed by atoms with Crippen molar-refractivity contribution in [1.82, 2.24) is 25.3 Å². The van der Waals surface area contributed by atoms with E-state index >= 15 is 0 Å². The monoisotopic (exact) mass is 296 g/mol. The van der Waals surface area contributed by atoms with Crippen LogP contribution in [-0.4, -0.2) is 32.4 Å². The van der Waals surface area contributed by atoms with Crippen molar-refractivity contribution >= 4 is 22.9 Å². The molecule has 1 aromatic carbocycles. The molecule has 0 fully saturated rings. The van der Waals surface area contributed by atoms with Crippen LogP contribution in [0.15, 0.2) is 43.0 Å². The minimum Gasteiger partial charge on any atom is -0.368 e. The van der Waals surface area contributed by atoms with Crippen molar-refractivity contribution in [3.05, 3.63) is 48.5 Å². The number of hydrogen-bond donors (Lipinski definition) is 3. The Labute approximate surface area is 127 Å². The largest absolute Gasteiger partial charge is 0.368 e. The second-order valence-corrected chi connectivity index (χ2v) is 4.76. The van der Waals surface area contributed by atoms with Crippen molar-refractivity contribution in [2.24, 2.45) is 0 Å². The van der Waals surface area contributed by atoms with Gasteiger partial charge in [0.2, 0.25) is 5.91 Å². The Morgan fingerprint density at radius 2 is 2.00 bits per heavy atom. The molecule has 3 aromatic rings. The fraction of sp³-hybridized carbons (Fsp3) is 0.200. The summed E-state index contributed by atoms with van der Waals surface area (Å²) in [5.41, 5.74) is 2.43. The molecule has 1 amide bonds. The molecule has 0 aliphatic rings. The van der Waals surface area contributed by atoms with Gasteiger partial charge >= 0.3 is 0 Å². The number of amides is 1. The van der Waals surface area contributed by atoms with E-state index in [1.807, 2.05) is 30.3 Å². The maximum Gasteiger partial charge on any atom is 0.222 e. The number of nitrogens with one attached hydrogen (secondary N) is 3. The molecular weight excluding hydrogens is 280 g/mol. The molecule has 0 spiro atoms. The summed E-state index contributed by atoms with van der Waals surface area (Å²) in [6.45, 7) is 1.03. The molecule has 0 radical (unpaired) electrons. The summed E-state index contributed by atoms with van der Waals surface area (Å²) in [7, 11) is 0. The fourth-order valence-electron chi connectivity index (χ4n) is 2.08. The Morgan fingerprint density at radius 1 is 1.14 bits per heavy atom. The van der Waals surface area contributed by atoms with E-state index in [-0.39, 0.29) is 5.91 Å². The number of H-pyrrole nitrogens is 1. The first-order valence-electron chi connectivity index (χ1n) is 7.01. The van der Waals surface area contributed by atoms with E-state index in [4.69, 9.17) is 0 Å². The van der Waals surface area contributed by atoms with Gasteiger partial charge in [-0.3, -0.25) is 4.79 Å². The van der Waals surface area contributed by atoms with Gasteiger partial charge in [0, 0.05) is 19.5 Å². The second-order valence-electron chi connectivity index (χ2n) is 4.76. The Bertz CT molecular complexity index is 755. The Balaban J connectivity index is 1.46. The minimum absolute atomic E-state index is 0.00809. The maximum atomic E-state index is 11.8. The summed E-state index contributed by atoms with van der Waals surface area (Å²) >= 11 is 0. The van der Waals surface area contributed by atoms with E-state index in [0.29, 0.717) is 31.0 Å². The summed E-state index contributed by atoms with van der Waals surface area (Å²) in [4.78, 5) is 27.0. The summed E-state index contributed by atoms with van der Waals surface area (Å²) in [6, 6.07) is 9.82. The zero-order valence-corrected chi connectivity index (χ0v) is 11.9. The third kappa shape index (κ3) is 3.38. The number of benzene rings is 1. The highest BCUT2D eigenvalue weighted by Gasteiger charge is 2.06. The van der Waals surface area contributed by atoms with Crippen LogP contribution in [0.25, 0.3) is 11.2 Å². The van der Waals surface area contributed by atoms with Crippen molar-refractivity contribution < 1.29 is 4.79 Å². The molecule has 0 bridgehead atoms. The van der Waals surface area contributed by atoms with E-state index in [0.717, 1.165) is 11.1 Å². The first-order chi connectivity index (χ1) is 10.8. The van der Waals surface area contributed by atoms with Gasteiger partial charge in [-0.25, -0.2) is 15.0 Å². The molecule has 0 unspecified atom stereocenters. The van der Waals surface area contributed by atoms with Crippen LogP contribution in [0, 0.1) is 0 Å². The van der Waals surface area contributed by atoms with Gasteiger partial charge < -0.3 is 15.6 Å². The molecule has 2 aromatic heterocycles. The molecule has 0 saturated heterocycles. The lowest BCUT2D eigenvalue weighted by Gasteiger charge is -2.07. The van der Waals surface area contributed by atoms with Crippen LogP contribution in [0.3, 0.4) is 0 Å². The molecule has 0 aliphatic carbocycles. The van der Waals surface area contributed by atoms with Gasteiger partial charge in [0.15, 0.2) is 11.5 Å². The number of anilines is 1. The van der Waals surface area contributed by atoms with Crippen LogP contribution in [0.1, 0.15) is 12.0 Å². The van der Waals surface area contributed by atoms with Crippen LogP contribution in [0.5, 0.6) is 0 Å². The smallest absolute Gasteiger partial charge is 0.222 e. The van der Waals surface area contributed by atoms with Crippen molar-refractivity contribution in [3.63, 3.8) is 0 Å². The Kier molecular flexibility index (Phi) is 4.24. The van der Waals surface area contributed by atoms with E-state index in [2.05, 4.69) is 30.6 Å². The molecule has 112 valence electrons. The molecule has 3 N–H and O–H groups in total. The molecule has 2 heterocycles. The molecular formula is C15H16N6O. The average molecular weight is 296 g/mol. The molecule has 7 nitrogen and oxygen atoms in total. The lowest BCUT2D eigenvalue weighted by atomic mass is 10.2. The fourth-order valence-corrected chi connectivity index (χ4v) is 2.08. The van der Waals surface area contributed by atoms with Crippen LogP contribution in [-0.2, 0) is 11.3 Å². The SMILES string of the molecule is O=C(CCNc1ncnc2nc[nH]c12)NCc1ccccc1. The molecule has 0 atom stereocenters. The van der Waals surface area contributed by atoms with Gasteiger partial charge in [-0.05, 0) is 5.56 Å². The zero-order chi connectivity index (χ0) is 15.2. The van der Waals surface area contributed by atoms with E-state index in [9.17, 15) is 4.79 Å². The van der Waals surface area contributed by atoms with E-state index in [1.54, 1.807) is 6.33 Å². The lowest BCUT2D eigenvalue weighted by molar-refractivity contribution is -0.121. The van der Waals surface area contributed by atoms with E-state index in [1.165, 1.54) is 6.33 Å². The number of carbonyl (C=O) groups is 1. The molecule has 3 rings (SSSR count). The van der Waals surface area contributed by atoms with Crippen molar-refractivity contribution in [2.45, 2.75) is 13.0 Å². The minimum atomic E-state index is -0.00809. The van der Waals surface area contributed by atoms with E-state index < -0.39 is 0 Å². The van der Waals surface area contributed by atoms with Crippen molar-refractivity contribution in [2.75, 3.05) is 11.9 Å². The van der Waals surface area contributed by atoms with Crippen LogP contribution < -0.4 is 10.6 Å². The molecule has 0 aliphatic heterocycles. The van der Waals surface area contributed by atoms with Gasteiger partial charge in [0.1, 0.15) is 11.8 Å². The number of rotatable bonds is 6. The lowest BCUT2D eigenvalue weighted by Crippen LogP contribution is -2.25. The average Bonchev–Trinajstić information content (AvgIpc) is 3.03. The highest BCUT2D eigenvalue weighted by Crippen LogP contribution is 2.13. The predicted molar refractivity (Wildman–Crippen MR) is 83.1 cm³/mol. The number of carbonyl (C=O) groups excluding carboxylic acids is 1. The second kappa shape index (κ2) is 6.66. The number of fused-ring (bicyclic) bond motifs is 1. The molecule has 22 heavy (non-hydrogen) atoms. The van der Waals surface area contributed by atoms with Gasteiger partial charge in [-0.2, -0.15) is 0 Å². The highest BCUT2D eigenvalue weighted by molar-refractivity contribution is 5.82. The van der Waals surface area contributed by atoms with Gasteiger partial charge in [0.25, 0.3) is 0 Å². The first-order valence-corrected chi connectivity index (χ1v) is 7.01. The number of hydrogen-bond acceptors (Lipinski definition) is 5. The van der Waals surface area contributed by atoms with Crippen molar-refractivity contribution in [3.8, 4) is 0 Å². The first kappa shape index (κ1) is 14.0. The number of imidazole rings is 1. The summed E-state index contributed by atoms with van der Waals surface area (Å²) in [6.07, 6.45) is 3.38.